The molecule has 0 saturated heterocycles. The van der Waals surface area contributed by atoms with Gasteiger partial charge in [0.15, 0.2) is 6.54 Å². The number of quaternary nitrogens is 1. The number of hydrogen-bond acceptors (Lipinski definition) is 2. The summed E-state index contributed by atoms with van der Waals surface area (Å²) in [5.41, 5.74) is 2.14. The summed E-state index contributed by atoms with van der Waals surface area (Å²) in [4.78, 5) is 14.5. The van der Waals surface area contributed by atoms with Crippen molar-refractivity contribution >= 4 is 38.9 Å². The summed E-state index contributed by atoms with van der Waals surface area (Å²) in [5.74, 6) is 0.0408. The van der Waals surface area contributed by atoms with Gasteiger partial charge in [-0.1, -0.05) is 15.9 Å². The number of likely N-dealkylation sites (N-methyl/N-ethyl adjacent to an activating group) is 1. The van der Waals surface area contributed by atoms with Crippen LogP contribution in [0.2, 0.25) is 0 Å². The lowest BCUT2D eigenvalue weighted by Crippen LogP contribution is -3.08. The quantitative estimate of drug-likeness (QED) is 0.850. The molecule has 0 bridgehead atoms. The van der Waals surface area contributed by atoms with Crippen LogP contribution in [0.4, 0.5) is 5.69 Å². The van der Waals surface area contributed by atoms with Crippen molar-refractivity contribution < 1.29 is 9.69 Å². The second-order valence-electron chi connectivity index (χ2n) is 4.89. The number of aryl methyl sites for hydroxylation is 1. The monoisotopic (exact) mass is 353 g/mol. The molecule has 2 rings (SSSR count). The Bertz CT molecular complexity index is 580. The van der Waals surface area contributed by atoms with E-state index in [1.54, 1.807) is 11.3 Å². The Kier molecular flexibility index (Phi) is 5.34. The van der Waals surface area contributed by atoms with Crippen molar-refractivity contribution in [1.29, 1.82) is 0 Å². The van der Waals surface area contributed by atoms with Gasteiger partial charge >= 0.3 is 0 Å². The fraction of sp³-hybridized carbons (Fsp3) is 0.267. The summed E-state index contributed by atoms with van der Waals surface area (Å²) in [5, 5.41) is 5.01. The lowest BCUT2D eigenvalue weighted by Gasteiger charge is -2.13. The fourth-order valence-corrected chi connectivity index (χ4v) is 3.22. The Hall–Kier alpha value is -1.17. The number of rotatable bonds is 5. The number of amides is 1. The molecule has 1 amide bonds. The van der Waals surface area contributed by atoms with E-state index in [0.29, 0.717) is 6.54 Å². The number of anilines is 1. The zero-order chi connectivity index (χ0) is 14.5. The van der Waals surface area contributed by atoms with Gasteiger partial charge in [0.25, 0.3) is 5.91 Å². The topological polar surface area (TPSA) is 33.5 Å². The van der Waals surface area contributed by atoms with Crippen LogP contribution in [0.25, 0.3) is 0 Å². The van der Waals surface area contributed by atoms with Crippen molar-refractivity contribution in [3.8, 4) is 0 Å². The maximum Gasteiger partial charge on any atom is 0.279 e. The number of carbonyl (C=O) groups is 1. The molecule has 0 aliphatic heterocycles. The minimum absolute atomic E-state index is 0.0408. The van der Waals surface area contributed by atoms with Gasteiger partial charge in [0.2, 0.25) is 0 Å². The van der Waals surface area contributed by atoms with E-state index >= 15 is 0 Å². The van der Waals surface area contributed by atoms with Gasteiger partial charge in [0, 0.05) is 10.2 Å². The molecule has 20 heavy (non-hydrogen) atoms. The van der Waals surface area contributed by atoms with Crippen molar-refractivity contribution in [3.63, 3.8) is 0 Å². The fourth-order valence-electron chi connectivity index (χ4n) is 1.93. The highest BCUT2D eigenvalue weighted by atomic mass is 79.9. The van der Waals surface area contributed by atoms with Crippen LogP contribution in [0.15, 0.2) is 40.2 Å². The van der Waals surface area contributed by atoms with Crippen molar-refractivity contribution in [1.82, 2.24) is 0 Å². The molecule has 2 aromatic rings. The van der Waals surface area contributed by atoms with Crippen LogP contribution in [0, 0.1) is 6.92 Å². The Morgan fingerprint density at radius 3 is 2.60 bits per heavy atom. The average molecular weight is 354 g/mol. The van der Waals surface area contributed by atoms with Crippen LogP contribution in [0.3, 0.4) is 0 Å². The first kappa shape index (κ1) is 15.2. The first-order valence-corrected chi connectivity index (χ1v) is 8.11. The lowest BCUT2D eigenvalue weighted by molar-refractivity contribution is -0.884. The summed E-state index contributed by atoms with van der Waals surface area (Å²) in [7, 11) is 2.04. The number of carbonyl (C=O) groups excluding carboxylic acids is 1. The molecule has 0 spiro atoms. The molecule has 0 saturated carbocycles. The summed E-state index contributed by atoms with van der Waals surface area (Å²) in [6.45, 7) is 3.46. The Balaban J connectivity index is 1.85. The number of thiophene rings is 1. The van der Waals surface area contributed by atoms with E-state index in [1.165, 1.54) is 15.3 Å². The minimum atomic E-state index is 0.0408. The molecule has 0 fully saturated rings. The third-order valence-corrected chi connectivity index (χ3v) is 4.57. The highest BCUT2D eigenvalue weighted by Gasteiger charge is 2.12. The van der Waals surface area contributed by atoms with Gasteiger partial charge in [-0.15, -0.1) is 11.3 Å². The minimum Gasteiger partial charge on any atom is -0.325 e. The average Bonchev–Trinajstić information content (AvgIpc) is 2.77. The molecule has 2 N–H and O–H groups in total. The largest absolute Gasteiger partial charge is 0.325 e. The molecule has 1 unspecified atom stereocenters. The summed E-state index contributed by atoms with van der Waals surface area (Å²) in [6.07, 6.45) is 0. The van der Waals surface area contributed by atoms with Crippen LogP contribution in [-0.4, -0.2) is 19.5 Å². The predicted octanol–water partition coefficient (Wildman–Crippen LogP) is 2.47. The molecular weight excluding hydrogens is 336 g/mol. The van der Waals surface area contributed by atoms with E-state index in [-0.39, 0.29) is 5.91 Å². The first-order chi connectivity index (χ1) is 9.54. The van der Waals surface area contributed by atoms with E-state index in [1.807, 2.05) is 31.3 Å². The highest BCUT2D eigenvalue weighted by Crippen LogP contribution is 2.14. The van der Waals surface area contributed by atoms with Crippen LogP contribution < -0.4 is 10.2 Å². The summed E-state index contributed by atoms with van der Waals surface area (Å²) >= 11 is 5.13. The summed E-state index contributed by atoms with van der Waals surface area (Å²) in [6, 6.07) is 9.74. The van der Waals surface area contributed by atoms with E-state index in [4.69, 9.17) is 0 Å². The van der Waals surface area contributed by atoms with Gasteiger partial charge in [-0.05, 0) is 48.2 Å². The maximum atomic E-state index is 12.0. The Labute approximate surface area is 131 Å². The molecular formula is C15H18BrN2OS+. The Morgan fingerprint density at radius 2 is 2.00 bits per heavy atom. The van der Waals surface area contributed by atoms with Crippen LogP contribution in [0.1, 0.15) is 10.4 Å². The molecule has 1 aromatic heterocycles. The van der Waals surface area contributed by atoms with Crippen molar-refractivity contribution in [2.45, 2.75) is 13.5 Å². The molecule has 0 radical (unpaired) electrons. The number of benzene rings is 1. The van der Waals surface area contributed by atoms with Crippen molar-refractivity contribution in [3.05, 3.63) is 50.6 Å². The van der Waals surface area contributed by atoms with Gasteiger partial charge < -0.3 is 10.2 Å². The summed E-state index contributed by atoms with van der Waals surface area (Å²) < 4.78 is 1.01. The van der Waals surface area contributed by atoms with E-state index in [0.717, 1.165) is 16.7 Å². The molecule has 5 heteroatoms. The molecule has 0 aliphatic rings. The molecule has 1 atom stereocenters. The molecule has 1 aromatic carbocycles. The second kappa shape index (κ2) is 7.02. The van der Waals surface area contributed by atoms with E-state index < -0.39 is 0 Å². The maximum absolute atomic E-state index is 12.0. The van der Waals surface area contributed by atoms with E-state index in [2.05, 4.69) is 39.6 Å². The normalized spacial score (nSPS) is 12.2. The van der Waals surface area contributed by atoms with Gasteiger partial charge in [-0.3, -0.25) is 4.79 Å². The van der Waals surface area contributed by atoms with Crippen LogP contribution in [0.5, 0.6) is 0 Å². The number of hydrogen-bond donors (Lipinski definition) is 2. The zero-order valence-corrected chi connectivity index (χ0v) is 14.0. The lowest BCUT2D eigenvalue weighted by atomic mass is 10.3. The number of nitrogens with one attached hydrogen (secondary N) is 2. The van der Waals surface area contributed by atoms with Gasteiger partial charge in [-0.25, -0.2) is 0 Å². The zero-order valence-electron chi connectivity index (χ0n) is 11.6. The van der Waals surface area contributed by atoms with Gasteiger partial charge in [-0.2, -0.15) is 0 Å². The van der Waals surface area contributed by atoms with E-state index in [9.17, 15) is 4.79 Å². The predicted molar refractivity (Wildman–Crippen MR) is 87.3 cm³/mol. The van der Waals surface area contributed by atoms with Gasteiger partial charge in [0.05, 0.1) is 11.9 Å². The molecule has 106 valence electrons. The van der Waals surface area contributed by atoms with Crippen LogP contribution in [-0.2, 0) is 11.3 Å². The third kappa shape index (κ3) is 4.44. The Morgan fingerprint density at radius 1 is 1.30 bits per heavy atom. The van der Waals surface area contributed by atoms with Crippen molar-refractivity contribution in [2.75, 3.05) is 18.9 Å². The van der Waals surface area contributed by atoms with Gasteiger partial charge in [0.1, 0.15) is 6.54 Å². The van der Waals surface area contributed by atoms with Crippen molar-refractivity contribution in [2.24, 2.45) is 0 Å². The van der Waals surface area contributed by atoms with Crippen LogP contribution >= 0.6 is 27.3 Å². The number of halogens is 1. The SMILES string of the molecule is Cc1ccsc1C[NH+](C)CC(=O)Nc1ccc(Br)cc1. The molecule has 1 heterocycles. The second-order valence-corrected chi connectivity index (χ2v) is 6.81. The smallest absolute Gasteiger partial charge is 0.279 e. The molecule has 3 nitrogen and oxygen atoms in total. The highest BCUT2D eigenvalue weighted by molar-refractivity contribution is 9.10. The first-order valence-electron chi connectivity index (χ1n) is 6.44. The third-order valence-electron chi connectivity index (χ3n) is 3.02. The standard InChI is InChI=1S/C15H17BrN2OS/c1-11-7-8-20-14(11)9-18(2)10-15(19)17-13-5-3-12(16)4-6-13/h3-8H,9-10H2,1-2H3,(H,17,19)/p+1. The molecule has 0 aliphatic carbocycles.